The lowest BCUT2D eigenvalue weighted by Gasteiger charge is -2.49. The Balaban J connectivity index is 1.94. The molecule has 0 bridgehead atoms. The van der Waals surface area contributed by atoms with Crippen molar-refractivity contribution in [3.05, 3.63) is 35.9 Å². The molecule has 1 unspecified atom stereocenters. The Morgan fingerprint density at radius 3 is 2.38 bits per heavy atom. The van der Waals surface area contributed by atoms with E-state index in [2.05, 4.69) is 0 Å². The molecule has 1 spiro atoms. The SMILES string of the molecule is C[C@H](c1ccccc1)N1C[C@@](C)(C(=O)O)C2(CCC2)C1O. The minimum atomic E-state index is -0.867. The van der Waals surface area contributed by atoms with Crippen LogP contribution in [0.15, 0.2) is 30.3 Å². The Morgan fingerprint density at radius 1 is 1.33 bits per heavy atom. The molecule has 4 heteroatoms. The number of aliphatic hydroxyl groups is 1. The summed E-state index contributed by atoms with van der Waals surface area (Å²) in [6.07, 6.45) is 1.93. The highest BCUT2D eigenvalue weighted by molar-refractivity contribution is 5.76. The van der Waals surface area contributed by atoms with Gasteiger partial charge in [-0.3, -0.25) is 9.69 Å². The van der Waals surface area contributed by atoms with Crippen LogP contribution in [0.25, 0.3) is 0 Å². The number of aliphatic hydroxyl groups excluding tert-OH is 1. The highest BCUT2D eigenvalue weighted by Crippen LogP contribution is 2.62. The molecule has 114 valence electrons. The van der Waals surface area contributed by atoms with Gasteiger partial charge in [-0.15, -0.1) is 0 Å². The predicted octanol–water partition coefficient (Wildman–Crippen LogP) is 2.64. The number of carbonyl (C=O) groups is 1. The number of benzene rings is 1. The first-order valence-electron chi connectivity index (χ1n) is 7.64. The number of carboxylic acids is 1. The Hall–Kier alpha value is -1.39. The van der Waals surface area contributed by atoms with Crippen molar-refractivity contribution < 1.29 is 15.0 Å². The number of carboxylic acid groups (broad SMARTS) is 1. The van der Waals surface area contributed by atoms with Crippen molar-refractivity contribution in [2.45, 2.75) is 45.4 Å². The van der Waals surface area contributed by atoms with Crippen LogP contribution in [-0.4, -0.2) is 33.9 Å². The molecule has 2 fully saturated rings. The van der Waals surface area contributed by atoms with E-state index in [0.717, 1.165) is 24.8 Å². The average molecular weight is 289 g/mol. The second-order valence-corrected chi connectivity index (χ2v) is 6.78. The molecule has 0 amide bonds. The van der Waals surface area contributed by atoms with E-state index in [0.29, 0.717) is 6.54 Å². The summed E-state index contributed by atoms with van der Waals surface area (Å²) in [4.78, 5) is 13.8. The minimum absolute atomic E-state index is 0.0137. The van der Waals surface area contributed by atoms with E-state index in [4.69, 9.17) is 0 Å². The fourth-order valence-electron chi connectivity index (χ4n) is 4.13. The van der Waals surface area contributed by atoms with Gasteiger partial charge in [-0.25, -0.2) is 0 Å². The monoisotopic (exact) mass is 289 g/mol. The predicted molar refractivity (Wildman–Crippen MR) is 79.6 cm³/mol. The highest BCUT2D eigenvalue weighted by Gasteiger charge is 2.67. The fraction of sp³-hybridized carbons (Fsp3) is 0.588. The Bertz CT molecular complexity index is 540. The molecule has 0 aromatic heterocycles. The van der Waals surface area contributed by atoms with Crippen LogP contribution in [0, 0.1) is 10.8 Å². The molecule has 1 heterocycles. The van der Waals surface area contributed by atoms with Crippen LogP contribution >= 0.6 is 0 Å². The molecule has 21 heavy (non-hydrogen) atoms. The summed E-state index contributed by atoms with van der Waals surface area (Å²) in [5, 5.41) is 20.6. The first-order chi connectivity index (χ1) is 9.92. The third-order valence-corrected chi connectivity index (χ3v) is 5.90. The lowest BCUT2D eigenvalue weighted by Crippen LogP contribution is -2.53. The average Bonchev–Trinajstić information content (AvgIpc) is 2.68. The Morgan fingerprint density at radius 2 is 1.95 bits per heavy atom. The maximum absolute atomic E-state index is 11.8. The number of aliphatic carboxylic acids is 1. The van der Waals surface area contributed by atoms with Gasteiger partial charge in [0.2, 0.25) is 0 Å². The maximum atomic E-state index is 11.8. The van der Waals surface area contributed by atoms with Crippen molar-refractivity contribution >= 4 is 5.97 Å². The summed E-state index contributed by atoms with van der Waals surface area (Å²) in [6, 6.07) is 9.99. The third-order valence-electron chi connectivity index (χ3n) is 5.90. The third kappa shape index (κ3) is 1.86. The van der Waals surface area contributed by atoms with Gasteiger partial charge in [0.25, 0.3) is 0 Å². The smallest absolute Gasteiger partial charge is 0.311 e. The summed E-state index contributed by atoms with van der Waals surface area (Å²) < 4.78 is 0. The molecule has 1 aliphatic heterocycles. The quantitative estimate of drug-likeness (QED) is 0.898. The molecule has 1 aromatic rings. The van der Waals surface area contributed by atoms with Crippen molar-refractivity contribution in [2.24, 2.45) is 10.8 Å². The fourth-order valence-corrected chi connectivity index (χ4v) is 4.13. The van der Waals surface area contributed by atoms with Crippen LogP contribution in [0.5, 0.6) is 0 Å². The van der Waals surface area contributed by atoms with E-state index in [1.165, 1.54) is 0 Å². The van der Waals surface area contributed by atoms with Crippen LogP contribution in [0.2, 0.25) is 0 Å². The highest BCUT2D eigenvalue weighted by atomic mass is 16.4. The molecule has 1 aliphatic carbocycles. The molecule has 1 saturated carbocycles. The normalized spacial score (nSPS) is 32.8. The van der Waals surface area contributed by atoms with E-state index < -0.39 is 23.0 Å². The van der Waals surface area contributed by atoms with Gasteiger partial charge in [-0.05, 0) is 32.3 Å². The van der Waals surface area contributed by atoms with Crippen molar-refractivity contribution in [3.8, 4) is 0 Å². The van der Waals surface area contributed by atoms with E-state index in [9.17, 15) is 15.0 Å². The number of likely N-dealkylation sites (tertiary alicyclic amines) is 1. The van der Waals surface area contributed by atoms with Gasteiger partial charge in [-0.2, -0.15) is 0 Å². The molecule has 4 nitrogen and oxygen atoms in total. The second kappa shape index (κ2) is 4.82. The summed E-state index contributed by atoms with van der Waals surface area (Å²) >= 11 is 0. The van der Waals surface area contributed by atoms with Crippen molar-refractivity contribution in [3.63, 3.8) is 0 Å². The Labute approximate surface area is 125 Å². The first-order valence-corrected chi connectivity index (χ1v) is 7.64. The molecule has 3 rings (SSSR count). The van der Waals surface area contributed by atoms with Crippen molar-refractivity contribution in [1.29, 1.82) is 0 Å². The zero-order valence-electron chi connectivity index (χ0n) is 12.6. The zero-order chi connectivity index (χ0) is 15.3. The number of rotatable bonds is 3. The van der Waals surface area contributed by atoms with E-state index in [-0.39, 0.29) is 6.04 Å². The van der Waals surface area contributed by atoms with Gasteiger partial charge in [0.1, 0.15) is 6.23 Å². The Kier molecular flexibility index (Phi) is 3.34. The van der Waals surface area contributed by atoms with Crippen molar-refractivity contribution in [1.82, 2.24) is 4.90 Å². The standard InChI is InChI=1S/C17H23NO3/c1-12(13-7-4-3-5-8-13)18-11-16(2,15(20)21)17(14(18)19)9-6-10-17/h3-5,7-8,12,14,19H,6,9-11H2,1-2H3,(H,20,21)/t12-,14?,16+/m1/s1. The molecular formula is C17H23NO3. The van der Waals surface area contributed by atoms with Crippen molar-refractivity contribution in [2.75, 3.05) is 6.54 Å². The van der Waals surface area contributed by atoms with E-state index in [1.54, 1.807) is 6.92 Å². The van der Waals surface area contributed by atoms with E-state index >= 15 is 0 Å². The van der Waals surface area contributed by atoms with Gasteiger partial charge in [0, 0.05) is 18.0 Å². The summed E-state index contributed by atoms with van der Waals surface area (Å²) in [5.74, 6) is -0.788. The van der Waals surface area contributed by atoms with Gasteiger partial charge < -0.3 is 10.2 Å². The van der Waals surface area contributed by atoms with Gasteiger partial charge in [0.05, 0.1) is 5.41 Å². The van der Waals surface area contributed by atoms with Gasteiger partial charge in [0.15, 0.2) is 0 Å². The number of hydrogen-bond donors (Lipinski definition) is 2. The largest absolute Gasteiger partial charge is 0.481 e. The van der Waals surface area contributed by atoms with Gasteiger partial charge >= 0.3 is 5.97 Å². The zero-order valence-corrected chi connectivity index (χ0v) is 12.6. The summed E-state index contributed by atoms with van der Waals surface area (Å²) in [6.45, 7) is 4.24. The van der Waals surface area contributed by atoms with Crippen LogP contribution in [0.3, 0.4) is 0 Å². The summed E-state index contributed by atoms with van der Waals surface area (Å²) in [7, 11) is 0. The topological polar surface area (TPSA) is 60.8 Å². The van der Waals surface area contributed by atoms with Crippen LogP contribution < -0.4 is 0 Å². The lowest BCUT2D eigenvalue weighted by molar-refractivity contribution is -0.167. The van der Waals surface area contributed by atoms with Crippen LogP contribution in [-0.2, 0) is 4.79 Å². The second-order valence-electron chi connectivity index (χ2n) is 6.78. The molecule has 1 aromatic carbocycles. The first kappa shape index (κ1) is 14.5. The summed E-state index contributed by atoms with van der Waals surface area (Å²) in [5.41, 5.74) is -0.240. The molecule has 0 radical (unpaired) electrons. The molecular weight excluding hydrogens is 266 g/mol. The molecule has 3 atom stereocenters. The molecule has 2 N–H and O–H groups in total. The maximum Gasteiger partial charge on any atom is 0.311 e. The number of hydrogen-bond acceptors (Lipinski definition) is 3. The van der Waals surface area contributed by atoms with Crippen LogP contribution in [0.4, 0.5) is 0 Å². The number of nitrogens with zero attached hydrogens (tertiary/aromatic N) is 1. The molecule has 2 aliphatic rings. The lowest BCUT2D eigenvalue weighted by atomic mass is 9.54. The van der Waals surface area contributed by atoms with Crippen LogP contribution in [0.1, 0.15) is 44.7 Å². The minimum Gasteiger partial charge on any atom is -0.481 e. The van der Waals surface area contributed by atoms with E-state index in [1.807, 2.05) is 42.2 Å². The molecule has 1 saturated heterocycles. The van der Waals surface area contributed by atoms with Gasteiger partial charge in [-0.1, -0.05) is 36.8 Å².